The molecule has 0 radical (unpaired) electrons. The molecule has 0 fully saturated rings. The van der Waals surface area contributed by atoms with Crippen LogP contribution in [0.15, 0.2) is 0 Å². The van der Waals surface area contributed by atoms with Gasteiger partial charge in [0.1, 0.15) is 0 Å². The van der Waals surface area contributed by atoms with Crippen molar-refractivity contribution in [2.45, 2.75) is 64.2 Å². The molecule has 0 aromatic rings. The monoisotopic (exact) mass is 678 g/mol. The second-order valence-electron chi connectivity index (χ2n) is 6.33. The van der Waals surface area contributed by atoms with Gasteiger partial charge in [-0.2, -0.15) is 0 Å². The maximum absolute atomic E-state index is 9.61. The van der Waals surface area contributed by atoms with Gasteiger partial charge in [0.2, 0.25) is 0 Å². The van der Waals surface area contributed by atoms with Crippen molar-refractivity contribution in [1.82, 2.24) is 0 Å². The van der Waals surface area contributed by atoms with E-state index in [1.54, 1.807) is 0 Å². The van der Waals surface area contributed by atoms with Crippen LogP contribution in [0.25, 0.3) is 0 Å². The van der Waals surface area contributed by atoms with E-state index in [4.69, 9.17) is 25.5 Å². The van der Waals surface area contributed by atoms with E-state index >= 15 is 0 Å². The van der Waals surface area contributed by atoms with E-state index in [9.17, 15) is 73.5 Å². The van der Waals surface area contributed by atoms with Crippen molar-refractivity contribution in [2.24, 2.45) is 0 Å². The second-order valence-corrected chi connectivity index (χ2v) is 6.33. The first-order chi connectivity index (χ1) is 18.1. The number of hydrogen-bond donors (Lipinski definition) is 5. The SMILES string of the molecule is O=C([O-])CCC(=O)O.O=C([O-])CCC(=O)O.O=C([O-])CCC(=O)O.O=C([O-])CCC(=O)O.O=C([O-])CCC(=O)O.[Nb+5]. The van der Waals surface area contributed by atoms with Gasteiger partial charge in [0.25, 0.3) is 0 Å². The van der Waals surface area contributed by atoms with Gasteiger partial charge in [0.15, 0.2) is 0 Å². The summed E-state index contributed by atoms with van der Waals surface area (Å²) in [6, 6.07) is 0. The Morgan fingerprint density at radius 1 is 0.293 bits per heavy atom. The van der Waals surface area contributed by atoms with Crippen LogP contribution >= 0.6 is 0 Å². The zero-order chi connectivity index (χ0) is 32.8. The van der Waals surface area contributed by atoms with Crippen molar-refractivity contribution < 1.29 is 121 Å². The molecule has 0 saturated heterocycles. The molecule has 0 spiro atoms. The molecule has 0 amide bonds. The van der Waals surface area contributed by atoms with Crippen LogP contribution in [0.5, 0.6) is 0 Å². The summed E-state index contributed by atoms with van der Waals surface area (Å²) >= 11 is 0. The van der Waals surface area contributed by atoms with Crippen LogP contribution in [0.1, 0.15) is 64.2 Å². The van der Waals surface area contributed by atoms with Crippen LogP contribution < -0.4 is 25.5 Å². The molecule has 0 bridgehead atoms. The smallest absolute Gasteiger partial charge is 0.550 e. The fraction of sp³-hybridized carbons (Fsp3) is 0.500. The fourth-order valence-corrected chi connectivity index (χ4v) is 1.04. The van der Waals surface area contributed by atoms with Crippen LogP contribution in [0, 0.1) is 0 Å². The van der Waals surface area contributed by atoms with Crippen molar-refractivity contribution in [2.75, 3.05) is 0 Å². The largest absolute Gasteiger partial charge is 5.00 e. The molecule has 41 heavy (non-hydrogen) atoms. The summed E-state index contributed by atoms with van der Waals surface area (Å²) in [4.78, 5) is 95.7. The Labute approximate surface area is 245 Å². The van der Waals surface area contributed by atoms with Crippen molar-refractivity contribution in [3.8, 4) is 0 Å². The van der Waals surface area contributed by atoms with Gasteiger partial charge in [-0.3, -0.25) is 24.0 Å². The Hall–Kier alpha value is -4.56. The van der Waals surface area contributed by atoms with Crippen LogP contribution in [0.3, 0.4) is 0 Å². The fourth-order valence-electron chi connectivity index (χ4n) is 1.04. The molecule has 0 heterocycles. The Balaban J connectivity index is -0.0000000928. The van der Waals surface area contributed by atoms with E-state index in [2.05, 4.69) is 0 Å². The third kappa shape index (κ3) is 94.9. The predicted molar refractivity (Wildman–Crippen MR) is 109 cm³/mol. The summed E-state index contributed by atoms with van der Waals surface area (Å²) in [5, 5.41) is 87.0. The summed E-state index contributed by atoms with van der Waals surface area (Å²) < 4.78 is 0. The Morgan fingerprint density at radius 3 is 0.415 bits per heavy atom. The quantitative estimate of drug-likeness (QED) is 0.100. The molecular weight excluding hydrogens is 653 g/mol. The normalized spacial score (nSPS) is 8.29. The molecular formula is C20H25NbO20. The molecule has 0 aliphatic heterocycles. The first-order valence-corrected chi connectivity index (χ1v) is 10.2. The van der Waals surface area contributed by atoms with Gasteiger partial charge in [-0.1, -0.05) is 0 Å². The topological polar surface area (TPSA) is 387 Å². The van der Waals surface area contributed by atoms with Gasteiger partial charge in [0.05, 0.1) is 32.1 Å². The summed E-state index contributed by atoms with van der Waals surface area (Å²) in [5.74, 6) is -12.2. The maximum Gasteiger partial charge on any atom is 5.00 e. The maximum atomic E-state index is 9.61. The van der Waals surface area contributed by atoms with Gasteiger partial charge in [-0.15, -0.1) is 0 Å². The van der Waals surface area contributed by atoms with Crippen LogP contribution in [0.2, 0.25) is 0 Å². The summed E-state index contributed by atoms with van der Waals surface area (Å²) in [6.07, 6.45) is -3.83. The van der Waals surface area contributed by atoms with E-state index in [-0.39, 0.29) is 54.5 Å². The summed E-state index contributed by atoms with van der Waals surface area (Å²) in [6.45, 7) is 0. The number of aliphatic carboxylic acids is 10. The number of hydrogen-bond acceptors (Lipinski definition) is 15. The molecule has 0 saturated carbocycles. The molecule has 0 atom stereocenters. The molecule has 0 rings (SSSR count). The van der Waals surface area contributed by atoms with Crippen LogP contribution in [-0.2, 0) is 70.3 Å². The molecule has 0 aromatic carbocycles. The third-order valence-corrected chi connectivity index (χ3v) is 2.71. The van der Waals surface area contributed by atoms with Crippen molar-refractivity contribution in [1.29, 1.82) is 0 Å². The van der Waals surface area contributed by atoms with Crippen molar-refractivity contribution in [3.05, 3.63) is 0 Å². The third-order valence-electron chi connectivity index (χ3n) is 2.71. The average Bonchev–Trinajstić information content (AvgIpc) is 2.79. The predicted octanol–water partition coefficient (Wildman–Crippen LogP) is -7.00. The Bertz CT molecular complexity index is 632. The molecule has 0 aliphatic rings. The summed E-state index contributed by atoms with van der Waals surface area (Å²) in [5.41, 5.74) is 0. The molecule has 20 nitrogen and oxygen atoms in total. The van der Waals surface area contributed by atoms with E-state index in [1.807, 2.05) is 0 Å². The number of carbonyl (C=O) groups excluding carboxylic acids is 5. The van der Waals surface area contributed by atoms with Gasteiger partial charge in [-0.25, -0.2) is 0 Å². The first kappa shape index (κ1) is 49.4. The van der Waals surface area contributed by atoms with Crippen molar-refractivity contribution in [3.63, 3.8) is 0 Å². The molecule has 0 aliphatic carbocycles. The minimum atomic E-state index is -1.33. The number of carboxylic acid groups (broad SMARTS) is 10. The first-order valence-electron chi connectivity index (χ1n) is 10.2. The second kappa shape index (κ2) is 33.5. The zero-order valence-electron chi connectivity index (χ0n) is 20.9. The Kier molecular flexibility index (Phi) is 40.3. The van der Waals surface area contributed by atoms with Crippen molar-refractivity contribution >= 4 is 59.7 Å². The minimum Gasteiger partial charge on any atom is -0.550 e. The molecule has 0 unspecified atom stereocenters. The number of carboxylic acids is 10. The minimum absolute atomic E-state index is 0. The molecule has 21 heteroatoms. The number of rotatable bonds is 15. The van der Waals surface area contributed by atoms with Gasteiger partial charge < -0.3 is 75.0 Å². The number of carbonyl (C=O) groups is 10. The molecule has 0 aromatic heterocycles. The summed E-state index contributed by atoms with van der Waals surface area (Å²) in [7, 11) is 0. The molecule has 230 valence electrons. The van der Waals surface area contributed by atoms with Gasteiger partial charge in [0, 0.05) is 29.8 Å². The van der Waals surface area contributed by atoms with Gasteiger partial charge >= 0.3 is 52.2 Å². The van der Waals surface area contributed by atoms with E-state index < -0.39 is 91.8 Å². The zero-order valence-corrected chi connectivity index (χ0v) is 23.1. The van der Waals surface area contributed by atoms with E-state index in [1.165, 1.54) is 0 Å². The molecule has 5 N–H and O–H groups in total. The standard InChI is InChI=1S/5C4H6O4.Nb/c5*5-3(6)1-2-4(7)8;/h5*1-2H2,(H,5,6)(H,7,8);/q;;;;;+5/p-5. The Morgan fingerprint density at radius 2 is 0.390 bits per heavy atom. The van der Waals surface area contributed by atoms with E-state index in [0.29, 0.717) is 0 Å². The van der Waals surface area contributed by atoms with Crippen LogP contribution in [0.4, 0.5) is 0 Å². The van der Waals surface area contributed by atoms with E-state index in [0.717, 1.165) is 0 Å². The van der Waals surface area contributed by atoms with Crippen LogP contribution in [-0.4, -0.2) is 85.2 Å². The average molecular weight is 678 g/mol. The van der Waals surface area contributed by atoms with Gasteiger partial charge in [-0.05, 0) is 32.1 Å².